The maximum absolute atomic E-state index is 12.2. The van der Waals surface area contributed by atoms with Gasteiger partial charge in [0.2, 0.25) is 10.0 Å². The lowest BCUT2D eigenvalue weighted by atomic mass is 9.86. The fraction of sp³-hybridized carbons (Fsp3) is 0.652. The van der Waals surface area contributed by atoms with Gasteiger partial charge in [-0.3, -0.25) is 0 Å². The fourth-order valence-corrected chi connectivity index (χ4v) is 5.68. The Hall–Kier alpha value is -1.73. The Bertz CT molecular complexity index is 1080. The molecule has 0 N–H and O–H groups in total. The summed E-state index contributed by atoms with van der Waals surface area (Å²) in [7, 11) is -4.24. The van der Waals surface area contributed by atoms with Crippen molar-refractivity contribution < 1.29 is 13.2 Å². The molecular weight excluding hydrogens is 440 g/mol. The molecule has 0 spiro atoms. The van der Waals surface area contributed by atoms with Crippen molar-refractivity contribution in [1.82, 2.24) is 18.8 Å². The van der Waals surface area contributed by atoms with Crippen LogP contribution < -0.4 is 0 Å². The monoisotopic (exact) mass is 476 g/mol. The van der Waals surface area contributed by atoms with E-state index >= 15 is 0 Å². The van der Waals surface area contributed by atoms with Crippen LogP contribution in [0.3, 0.4) is 0 Å². The Morgan fingerprint density at radius 3 is 2.81 bits per heavy atom. The highest BCUT2D eigenvalue weighted by molar-refractivity contribution is 7.89. The highest BCUT2D eigenvalue weighted by Gasteiger charge is 2.31. The second kappa shape index (κ2) is 10.5. The molecular formula is C23H36N4O3SSi. The predicted octanol–water partition coefficient (Wildman–Crippen LogP) is 3.79. The molecule has 1 saturated heterocycles. The lowest BCUT2D eigenvalue weighted by Gasteiger charge is -2.35. The summed E-state index contributed by atoms with van der Waals surface area (Å²) in [6.45, 7) is 13.3. The Morgan fingerprint density at radius 2 is 2.09 bits per heavy atom. The standard InChI is InChI=1S/C23H36N4O3SSi/c1-6-31(28,29)27-13-10-19(2)20(17-27)8-7-9-21-16-24-23-22(25-21)11-12-26(23)18-30-14-15-32(3,4)5/h11-12,16,19-20H,6,8,10,13-15,17-18H2,1-5H3. The highest BCUT2D eigenvalue weighted by Crippen LogP contribution is 2.27. The molecule has 2 unspecified atom stereocenters. The third-order valence-electron chi connectivity index (χ3n) is 6.11. The average Bonchev–Trinajstić information content (AvgIpc) is 3.14. The van der Waals surface area contributed by atoms with Crippen LogP contribution in [-0.2, 0) is 21.5 Å². The van der Waals surface area contributed by atoms with E-state index in [0.29, 0.717) is 37.9 Å². The average molecular weight is 477 g/mol. The van der Waals surface area contributed by atoms with Gasteiger partial charge >= 0.3 is 0 Å². The normalized spacial score (nSPS) is 20.3. The van der Waals surface area contributed by atoms with E-state index in [1.165, 1.54) is 0 Å². The van der Waals surface area contributed by atoms with Crippen molar-refractivity contribution in [2.24, 2.45) is 11.8 Å². The number of ether oxygens (including phenoxy) is 1. The van der Waals surface area contributed by atoms with Crippen molar-refractivity contribution >= 4 is 29.3 Å². The van der Waals surface area contributed by atoms with Crippen molar-refractivity contribution in [3.8, 4) is 11.8 Å². The smallest absolute Gasteiger partial charge is 0.213 e. The van der Waals surface area contributed by atoms with Crippen LogP contribution in [0.15, 0.2) is 18.5 Å². The molecule has 0 aromatic carbocycles. The summed E-state index contributed by atoms with van der Waals surface area (Å²) in [6.07, 6.45) is 5.18. The van der Waals surface area contributed by atoms with Gasteiger partial charge in [-0.05, 0) is 43.2 Å². The Balaban J connectivity index is 1.60. The Labute approximate surface area is 193 Å². The van der Waals surface area contributed by atoms with Gasteiger partial charge in [-0.15, -0.1) is 0 Å². The Kier molecular flexibility index (Phi) is 8.14. The first-order valence-electron chi connectivity index (χ1n) is 11.5. The van der Waals surface area contributed by atoms with E-state index in [1.807, 2.05) is 16.8 Å². The molecule has 1 aliphatic rings. The molecule has 0 amide bonds. The fourth-order valence-electron chi connectivity index (χ4n) is 3.76. The van der Waals surface area contributed by atoms with Crippen LogP contribution in [0.25, 0.3) is 11.2 Å². The maximum Gasteiger partial charge on any atom is 0.213 e. The SMILES string of the molecule is CCS(=O)(=O)N1CCC(C)C(CC#Cc2cnc3c(ccn3COCC[Si](C)(C)C)n2)C1. The lowest BCUT2D eigenvalue weighted by molar-refractivity contribution is 0.0899. The van der Waals surface area contributed by atoms with Gasteiger partial charge in [0.15, 0.2) is 5.65 Å². The molecule has 0 radical (unpaired) electrons. The molecule has 7 nitrogen and oxygen atoms in total. The van der Waals surface area contributed by atoms with E-state index < -0.39 is 18.1 Å². The van der Waals surface area contributed by atoms with E-state index in [0.717, 1.165) is 30.2 Å². The van der Waals surface area contributed by atoms with Crippen molar-refractivity contribution in [3.05, 3.63) is 24.2 Å². The van der Waals surface area contributed by atoms with Gasteiger partial charge in [0.05, 0.1) is 11.9 Å². The van der Waals surface area contributed by atoms with E-state index in [9.17, 15) is 8.42 Å². The van der Waals surface area contributed by atoms with Crippen LogP contribution in [0, 0.1) is 23.7 Å². The molecule has 1 aliphatic heterocycles. The number of fused-ring (bicyclic) bond motifs is 1. The molecule has 2 aromatic heterocycles. The van der Waals surface area contributed by atoms with Gasteiger partial charge in [0, 0.05) is 40.4 Å². The summed E-state index contributed by atoms with van der Waals surface area (Å²) in [4.78, 5) is 9.16. The number of hydrogen-bond donors (Lipinski definition) is 0. The molecule has 0 saturated carbocycles. The lowest BCUT2D eigenvalue weighted by Crippen LogP contribution is -2.43. The molecule has 176 valence electrons. The van der Waals surface area contributed by atoms with Gasteiger partial charge in [0.1, 0.15) is 17.9 Å². The van der Waals surface area contributed by atoms with Crippen molar-refractivity contribution in [2.75, 3.05) is 25.4 Å². The van der Waals surface area contributed by atoms with Crippen LogP contribution in [0.4, 0.5) is 0 Å². The zero-order valence-corrected chi connectivity index (χ0v) is 21.8. The van der Waals surface area contributed by atoms with Crippen molar-refractivity contribution in [1.29, 1.82) is 0 Å². The van der Waals surface area contributed by atoms with E-state index in [1.54, 1.807) is 17.4 Å². The number of rotatable bonds is 8. The van der Waals surface area contributed by atoms with Gasteiger partial charge in [-0.2, -0.15) is 0 Å². The Morgan fingerprint density at radius 1 is 1.31 bits per heavy atom. The van der Waals surface area contributed by atoms with Crippen LogP contribution >= 0.6 is 0 Å². The molecule has 2 atom stereocenters. The number of sulfonamides is 1. The molecule has 32 heavy (non-hydrogen) atoms. The van der Waals surface area contributed by atoms with Crippen LogP contribution in [0.1, 0.15) is 32.4 Å². The van der Waals surface area contributed by atoms with Gasteiger partial charge < -0.3 is 9.30 Å². The zero-order chi connectivity index (χ0) is 23.4. The molecule has 0 bridgehead atoms. The summed E-state index contributed by atoms with van der Waals surface area (Å²) in [5, 5.41) is 0. The largest absolute Gasteiger partial charge is 0.361 e. The third-order valence-corrected chi connectivity index (χ3v) is 9.66. The van der Waals surface area contributed by atoms with E-state index in [2.05, 4.69) is 48.4 Å². The second-order valence-electron chi connectivity index (χ2n) is 9.89. The number of nitrogens with zero attached hydrogens (tertiary/aromatic N) is 4. The van der Waals surface area contributed by atoms with Crippen molar-refractivity contribution in [3.63, 3.8) is 0 Å². The van der Waals surface area contributed by atoms with E-state index in [4.69, 9.17) is 4.74 Å². The number of aromatic nitrogens is 3. The quantitative estimate of drug-likeness (QED) is 0.329. The third kappa shape index (κ3) is 6.64. The summed E-state index contributed by atoms with van der Waals surface area (Å²) in [6, 6.07) is 3.07. The molecule has 3 heterocycles. The number of hydrogen-bond acceptors (Lipinski definition) is 5. The van der Waals surface area contributed by atoms with Gasteiger partial charge in [-0.1, -0.05) is 32.5 Å². The van der Waals surface area contributed by atoms with Crippen LogP contribution in [0.5, 0.6) is 0 Å². The zero-order valence-electron chi connectivity index (χ0n) is 20.0. The van der Waals surface area contributed by atoms with Crippen LogP contribution in [-0.4, -0.2) is 60.8 Å². The molecule has 9 heteroatoms. The predicted molar refractivity (Wildman–Crippen MR) is 131 cm³/mol. The topological polar surface area (TPSA) is 77.3 Å². The molecule has 2 aromatic rings. The first-order chi connectivity index (χ1) is 15.1. The minimum Gasteiger partial charge on any atom is -0.361 e. The first-order valence-corrected chi connectivity index (χ1v) is 16.8. The van der Waals surface area contributed by atoms with Gasteiger partial charge in [-0.25, -0.2) is 22.7 Å². The van der Waals surface area contributed by atoms with Crippen LogP contribution in [0.2, 0.25) is 25.7 Å². The minimum atomic E-state index is -3.14. The summed E-state index contributed by atoms with van der Waals surface area (Å²) >= 11 is 0. The van der Waals surface area contributed by atoms with Crippen molar-refractivity contribution in [2.45, 2.75) is 59.1 Å². The summed E-state index contributed by atoms with van der Waals surface area (Å²) < 4.78 is 33.9. The summed E-state index contributed by atoms with van der Waals surface area (Å²) in [5.41, 5.74) is 2.23. The molecule has 1 fully saturated rings. The molecule has 0 aliphatic carbocycles. The van der Waals surface area contributed by atoms with E-state index in [-0.39, 0.29) is 11.7 Å². The minimum absolute atomic E-state index is 0.151. The maximum atomic E-state index is 12.2. The number of piperidine rings is 1. The summed E-state index contributed by atoms with van der Waals surface area (Å²) in [5.74, 6) is 7.19. The highest BCUT2D eigenvalue weighted by atomic mass is 32.2. The first kappa shape index (κ1) is 24.9. The van der Waals surface area contributed by atoms with Gasteiger partial charge in [0.25, 0.3) is 0 Å². The molecule has 3 rings (SSSR count). The second-order valence-corrected chi connectivity index (χ2v) is 17.8.